The summed E-state index contributed by atoms with van der Waals surface area (Å²) in [6, 6.07) is 22.8. The van der Waals surface area contributed by atoms with Crippen molar-refractivity contribution in [2.75, 3.05) is 10.8 Å². The topological polar surface area (TPSA) is 66.5 Å². The van der Waals surface area contributed by atoms with Crippen LogP contribution in [0.4, 0.5) is 5.69 Å². The van der Waals surface area contributed by atoms with Gasteiger partial charge < -0.3 is 5.32 Å². The van der Waals surface area contributed by atoms with Gasteiger partial charge in [-0.1, -0.05) is 61.0 Å². The van der Waals surface area contributed by atoms with E-state index in [4.69, 9.17) is 0 Å². The number of anilines is 1. The Kier molecular flexibility index (Phi) is 7.49. The SMILES string of the molecule is C=CCN(c1ccc(C(=O)N[C@@H](CC)c2ccc(C)cc2)cc1)S(=O)(=O)c1ccccc1. The normalized spacial score (nSPS) is 12.1. The van der Waals surface area contributed by atoms with Gasteiger partial charge in [-0.2, -0.15) is 0 Å². The Morgan fingerprint density at radius 3 is 2.19 bits per heavy atom. The molecule has 6 heteroatoms. The number of rotatable bonds is 9. The summed E-state index contributed by atoms with van der Waals surface area (Å²) in [4.78, 5) is 13.0. The molecule has 0 spiro atoms. The average molecular weight is 449 g/mol. The van der Waals surface area contributed by atoms with Crippen molar-refractivity contribution < 1.29 is 13.2 Å². The van der Waals surface area contributed by atoms with Crippen LogP contribution in [0.5, 0.6) is 0 Å². The highest BCUT2D eigenvalue weighted by atomic mass is 32.2. The van der Waals surface area contributed by atoms with Crippen LogP contribution in [0.1, 0.15) is 40.9 Å². The first kappa shape index (κ1) is 23.3. The Balaban J connectivity index is 1.81. The molecule has 0 saturated heterocycles. The first-order valence-electron chi connectivity index (χ1n) is 10.5. The third kappa shape index (κ3) is 5.26. The first-order valence-corrected chi connectivity index (χ1v) is 12.0. The molecule has 166 valence electrons. The zero-order valence-electron chi connectivity index (χ0n) is 18.4. The molecule has 3 rings (SSSR count). The van der Waals surface area contributed by atoms with Crippen LogP contribution in [0.2, 0.25) is 0 Å². The second-order valence-corrected chi connectivity index (χ2v) is 9.39. The quantitative estimate of drug-likeness (QED) is 0.454. The summed E-state index contributed by atoms with van der Waals surface area (Å²) in [7, 11) is -3.75. The minimum absolute atomic E-state index is 0.0986. The van der Waals surface area contributed by atoms with Crippen LogP contribution >= 0.6 is 0 Å². The van der Waals surface area contributed by atoms with Gasteiger partial charge in [0.15, 0.2) is 0 Å². The van der Waals surface area contributed by atoms with Crippen LogP contribution in [0.15, 0.2) is 96.4 Å². The lowest BCUT2D eigenvalue weighted by Crippen LogP contribution is -2.31. The van der Waals surface area contributed by atoms with Gasteiger partial charge in [-0.3, -0.25) is 9.10 Å². The zero-order chi connectivity index (χ0) is 23.1. The Hall–Kier alpha value is -3.38. The smallest absolute Gasteiger partial charge is 0.264 e. The van der Waals surface area contributed by atoms with Crippen molar-refractivity contribution in [1.29, 1.82) is 0 Å². The number of benzene rings is 3. The molecule has 0 radical (unpaired) electrons. The lowest BCUT2D eigenvalue weighted by Gasteiger charge is -2.23. The number of hydrogen-bond acceptors (Lipinski definition) is 3. The highest BCUT2D eigenvalue weighted by Crippen LogP contribution is 2.24. The molecule has 0 bridgehead atoms. The van der Waals surface area contributed by atoms with Crippen LogP contribution < -0.4 is 9.62 Å². The fourth-order valence-electron chi connectivity index (χ4n) is 3.42. The Labute approximate surface area is 190 Å². The van der Waals surface area contributed by atoms with Crippen molar-refractivity contribution in [2.45, 2.75) is 31.2 Å². The number of carbonyl (C=O) groups is 1. The van der Waals surface area contributed by atoms with E-state index < -0.39 is 10.0 Å². The average Bonchev–Trinajstić information content (AvgIpc) is 2.82. The first-order chi connectivity index (χ1) is 15.4. The molecule has 3 aromatic rings. The second-order valence-electron chi connectivity index (χ2n) is 7.53. The molecule has 1 amide bonds. The third-order valence-electron chi connectivity index (χ3n) is 5.24. The Morgan fingerprint density at radius 1 is 1.00 bits per heavy atom. The fraction of sp³-hybridized carbons (Fsp3) is 0.192. The molecular weight excluding hydrogens is 420 g/mol. The van der Waals surface area contributed by atoms with Gasteiger partial charge in [0.2, 0.25) is 0 Å². The van der Waals surface area contributed by atoms with E-state index in [-0.39, 0.29) is 23.4 Å². The van der Waals surface area contributed by atoms with Crippen molar-refractivity contribution in [3.05, 3.63) is 108 Å². The number of hydrogen-bond donors (Lipinski definition) is 1. The molecule has 1 atom stereocenters. The highest BCUT2D eigenvalue weighted by molar-refractivity contribution is 7.92. The minimum Gasteiger partial charge on any atom is -0.345 e. The van der Waals surface area contributed by atoms with Crippen LogP contribution in [0, 0.1) is 6.92 Å². The highest BCUT2D eigenvalue weighted by Gasteiger charge is 2.24. The molecule has 0 saturated carbocycles. The number of nitrogens with zero attached hydrogens (tertiary/aromatic N) is 1. The van der Waals surface area contributed by atoms with Gasteiger partial charge in [-0.15, -0.1) is 6.58 Å². The summed E-state index contributed by atoms with van der Waals surface area (Å²) in [6.07, 6.45) is 2.30. The van der Waals surface area contributed by atoms with Crippen molar-refractivity contribution in [1.82, 2.24) is 5.32 Å². The van der Waals surface area contributed by atoms with Gasteiger partial charge in [0.05, 0.1) is 23.2 Å². The van der Waals surface area contributed by atoms with Crippen LogP contribution in [0.3, 0.4) is 0 Å². The maximum Gasteiger partial charge on any atom is 0.264 e. The van der Waals surface area contributed by atoms with Crippen LogP contribution in [0.25, 0.3) is 0 Å². The number of amides is 1. The van der Waals surface area contributed by atoms with Gasteiger partial charge in [0.1, 0.15) is 0 Å². The lowest BCUT2D eigenvalue weighted by molar-refractivity contribution is 0.0935. The summed E-state index contributed by atoms with van der Waals surface area (Å²) < 4.78 is 27.5. The van der Waals surface area contributed by atoms with Crippen LogP contribution in [-0.4, -0.2) is 20.9 Å². The van der Waals surface area contributed by atoms with Gasteiger partial charge in [0.25, 0.3) is 15.9 Å². The molecule has 0 unspecified atom stereocenters. The lowest BCUT2D eigenvalue weighted by atomic mass is 10.0. The molecule has 0 aliphatic carbocycles. The van der Waals surface area contributed by atoms with Gasteiger partial charge in [-0.05, 0) is 55.3 Å². The molecule has 0 aliphatic rings. The minimum atomic E-state index is -3.75. The number of carbonyl (C=O) groups excluding carboxylic acids is 1. The third-order valence-corrected chi connectivity index (χ3v) is 7.04. The standard InChI is InChI=1S/C26H28N2O3S/c1-4-19-28(32(30,31)24-9-7-6-8-10-24)23-17-15-22(16-18-23)26(29)27-25(5-2)21-13-11-20(3)12-14-21/h4,6-18,25H,1,5,19H2,2-3H3,(H,27,29)/t25-/m0/s1. The predicted molar refractivity (Wildman–Crippen MR) is 129 cm³/mol. The summed E-state index contributed by atoms with van der Waals surface area (Å²) in [5.41, 5.74) is 3.15. The van der Waals surface area contributed by atoms with E-state index in [2.05, 4.69) is 11.9 Å². The maximum atomic E-state index is 13.1. The largest absolute Gasteiger partial charge is 0.345 e. The molecule has 1 N–H and O–H groups in total. The van der Waals surface area contributed by atoms with Crippen molar-refractivity contribution in [3.8, 4) is 0 Å². The molecule has 0 fully saturated rings. The molecule has 5 nitrogen and oxygen atoms in total. The molecule has 0 aliphatic heterocycles. The van der Waals surface area contributed by atoms with Crippen LogP contribution in [-0.2, 0) is 10.0 Å². The number of sulfonamides is 1. The van der Waals surface area contributed by atoms with Gasteiger partial charge in [-0.25, -0.2) is 8.42 Å². The van der Waals surface area contributed by atoms with E-state index in [1.165, 1.54) is 15.9 Å². The van der Waals surface area contributed by atoms with Gasteiger partial charge in [0, 0.05) is 5.56 Å². The van der Waals surface area contributed by atoms with E-state index in [9.17, 15) is 13.2 Å². The molecule has 32 heavy (non-hydrogen) atoms. The van der Waals surface area contributed by atoms with Crippen molar-refractivity contribution >= 4 is 21.6 Å². The number of aryl methyl sites for hydroxylation is 1. The van der Waals surface area contributed by atoms with E-state index in [1.54, 1.807) is 54.6 Å². The monoisotopic (exact) mass is 448 g/mol. The van der Waals surface area contributed by atoms with Crippen molar-refractivity contribution in [3.63, 3.8) is 0 Å². The predicted octanol–water partition coefficient (Wildman–Crippen LogP) is 5.26. The summed E-state index contributed by atoms with van der Waals surface area (Å²) in [5, 5.41) is 3.06. The van der Waals surface area contributed by atoms with E-state index >= 15 is 0 Å². The van der Waals surface area contributed by atoms with E-state index in [1.807, 2.05) is 38.1 Å². The molecule has 0 aromatic heterocycles. The Morgan fingerprint density at radius 2 is 1.62 bits per heavy atom. The van der Waals surface area contributed by atoms with E-state index in [0.717, 1.165) is 12.0 Å². The molecular formula is C26H28N2O3S. The van der Waals surface area contributed by atoms with Crippen molar-refractivity contribution in [2.24, 2.45) is 0 Å². The summed E-state index contributed by atoms with van der Waals surface area (Å²) in [6.45, 7) is 7.85. The van der Waals surface area contributed by atoms with Gasteiger partial charge >= 0.3 is 0 Å². The molecule has 0 heterocycles. The number of nitrogens with one attached hydrogen (secondary N) is 1. The summed E-state index contributed by atoms with van der Waals surface area (Å²) in [5.74, 6) is -0.204. The molecule has 3 aromatic carbocycles. The zero-order valence-corrected chi connectivity index (χ0v) is 19.2. The van der Waals surface area contributed by atoms with E-state index in [0.29, 0.717) is 11.3 Å². The maximum absolute atomic E-state index is 13.1. The Bertz CT molecular complexity index is 1160. The summed E-state index contributed by atoms with van der Waals surface area (Å²) >= 11 is 0. The fourth-order valence-corrected chi connectivity index (χ4v) is 4.88. The second kappa shape index (κ2) is 10.3.